The monoisotopic (exact) mass is 367 g/mol. The summed E-state index contributed by atoms with van der Waals surface area (Å²) >= 11 is 0. The first-order valence-corrected chi connectivity index (χ1v) is 9.12. The second-order valence-electron chi connectivity index (χ2n) is 6.99. The van der Waals surface area contributed by atoms with E-state index in [0.717, 1.165) is 47.7 Å². The Morgan fingerprint density at radius 1 is 1.26 bits per heavy atom. The zero-order valence-electron chi connectivity index (χ0n) is 15.4. The minimum Gasteiger partial charge on any atom is -0.352 e. The highest BCUT2D eigenvalue weighted by atomic mass is 19.1. The fourth-order valence-electron chi connectivity index (χ4n) is 3.68. The minimum absolute atomic E-state index is 0.0260. The molecule has 7 heteroatoms. The van der Waals surface area contributed by atoms with Crippen LogP contribution in [0.1, 0.15) is 29.1 Å². The second-order valence-corrected chi connectivity index (χ2v) is 6.99. The molecule has 3 heterocycles. The van der Waals surface area contributed by atoms with Gasteiger partial charge in [-0.2, -0.15) is 10.2 Å². The Morgan fingerprint density at radius 3 is 2.81 bits per heavy atom. The molecule has 1 amide bonds. The molecule has 1 atom stereocenters. The predicted molar refractivity (Wildman–Crippen MR) is 98.9 cm³/mol. The van der Waals surface area contributed by atoms with Crippen molar-refractivity contribution >= 4 is 5.91 Å². The second kappa shape index (κ2) is 6.98. The lowest BCUT2D eigenvalue weighted by molar-refractivity contribution is -0.125. The molecule has 0 bridgehead atoms. The van der Waals surface area contributed by atoms with E-state index in [0.29, 0.717) is 6.54 Å². The van der Waals surface area contributed by atoms with E-state index in [4.69, 9.17) is 0 Å². The van der Waals surface area contributed by atoms with Gasteiger partial charge in [-0.3, -0.25) is 9.48 Å². The lowest BCUT2D eigenvalue weighted by Gasteiger charge is -2.22. The van der Waals surface area contributed by atoms with Gasteiger partial charge in [0.2, 0.25) is 5.91 Å². The van der Waals surface area contributed by atoms with Gasteiger partial charge in [-0.25, -0.2) is 9.07 Å². The molecule has 27 heavy (non-hydrogen) atoms. The number of fused-ring (bicyclic) bond motifs is 1. The smallest absolute Gasteiger partial charge is 0.223 e. The standard InChI is InChI=1S/C20H22FN5O/c1-13-19(14(2)26(24-13)17-5-3-16(21)4-6-17)12-22-20(27)15-8-10-25-18(11-15)7-9-23-25/h3-7,9,15H,8,10-12H2,1-2H3,(H,22,27). The molecular weight excluding hydrogens is 345 g/mol. The van der Waals surface area contributed by atoms with Crippen LogP contribution < -0.4 is 5.32 Å². The van der Waals surface area contributed by atoms with Crippen LogP contribution in [0.25, 0.3) is 5.69 Å². The summed E-state index contributed by atoms with van der Waals surface area (Å²) in [6.45, 7) is 5.10. The Labute approximate surface area is 157 Å². The van der Waals surface area contributed by atoms with Gasteiger partial charge in [0.25, 0.3) is 0 Å². The zero-order chi connectivity index (χ0) is 19.0. The summed E-state index contributed by atoms with van der Waals surface area (Å²) in [5.41, 5.74) is 4.71. The predicted octanol–water partition coefficient (Wildman–Crippen LogP) is 2.70. The Morgan fingerprint density at radius 2 is 2.04 bits per heavy atom. The third-order valence-electron chi connectivity index (χ3n) is 5.27. The Hall–Kier alpha value is -2.96. The van der Waals surface area contributed by atoms with Gasteiger partial charge in [0.15, 0.2) is 0 Å². The molecule has 6 nitrogen and oxygen atoms in total. The van der Waals surface area contributed by atoms with Crippen LogP contribution in [0.2, 0.25) is 0 Å². The molecule has 1 unspecified atom stereocenters. The van der Waals surface area contributed by atoms with Crippen LogP contribution in [0.15, 0.2) is 36.5 Å². The maximum Gasteiger partial charge on any atom is 0.223 e. The number of aromatic nitrogens is 4. The Bertz CT molecular complexity index is 973. The van der Waals surface area contributed by atoms with Gasteiger partial charge in [0.1, 0.15) is 5.82 Å². The van der Waals surface area contributed by atoms with Crippen molar-refractivity contribution in [2.45, 2.75) is 39.8 Å². The van der Waals surface area contributed by atoms with Gasteiger partial charge in [0.05, 0.1) is 11.4 Å². The normalized spacial score (nSPS) is 16.2. The fraction of sp³-hybridized carbons (Fsp3) is 0.350. The van der Waals surface area contributed by atoms with Crippen molar-refractivity contribution < 1.29 is 9.18 Å². The van der Waals surface area contributed by atoms with E-state index in [-0.39, 0.29) is 17.6 Å². The molecule has 4 rings (SSSR count). The van der Waals surface area contributed by atoms with Crippen molar-refractivity contribution in [3.8, 4) is 5.69 Å². The van der Waals surface area contributed by atoms with Gasteiger partial charge in [-0.05, 0) is 50.6 Å². The molecule has 1 aliphatic rings. The Kier molecular flexibility index (Phi) is 4.51. The molecule has 1 aliphatic heterocycles. The highest BCUT2D eigenvalue weighted by Crippen LogP contribution is 2.21. The molecule has 0 radical (unpaired) electrons. The zero-order valence-corrected chi connectivity index (χ0v) is 15.4. The SMILES string of the molecule is Cc1nn(-c2ccc(F)cc2)c(C)c1CNC(=O)C1CCn2nccc2C1. The third kappa shape index (κ3) is 3.37. The number of hydrogen-bond acceptors (Lipinski definition) is 3. The summed E-state index contributed by atoms with van der Waals surface area (Å²) in [6.07, 6.45) is 3.30. The molecule has 3 aromatic rings. The summed E-state index contributed by atoms with van der Waals surface area (Å²) in [6, 6.07) is 8.20. The van der Waals surface area contributed by atoms with E-state index in [2.05, 4.69) is 15.5 Å². The average molecular weight is 367 g/mol. The topological polar surface area (TPSA) is 64.7 Å². The minimum atomic E-state index is -0.276. The number of aryl methyl sites for hydroxylation is 2. The summed E-state index contributed by atoms with van der Waals surface area (Å²) < 4.78 is 16.9. The summed E-state index contributed by atoms with van der Waals surface area (Å²) in [5, 5.41) is 11.9. The molecular formula is C20H22FN5O. The average Bonchev–Trinajstić information content (AvgIpc) is 3.24. The molecule has 0 saturated heterocycles. The van der Waals surface area contributed by atoms with Crippen molar-refractivity contribution in [3.05, 3.63) is 65.0 Å². The quantitative estimate of drug-likeness (QED) is 0.771. The number of amides is 1. The van der Waals surface area contributed by atoms with E-state index < -0.39 is 0 Å². The lowest BCUT2D eigenvalue weighted by atomic mass is 9.95. The first-order valence-electron chi connectivity index (χ1n) is 9.12. The molecule has 2 aromatic heterocycles. The molecule has 0 spiro atoms. The Balaban J connectivity index is 1.45. The van der Waals surface area contributed by atoms with Crippen molar-refractivity contribution in [1.29, 1.82) is 0 Å². The summed E-state index contributed by atoms with van der Waals surface area (Å²) in [7, 11) is 0. The number of nitrogens with one attached hydrogen (secondary N) is 1. The van der Waals surface area contributed by atoms with E-state index in [1.807, 2.05) is 24.6 Å². The van der Waals surface area contributed by atoms with E-state index in [1.165, 1.54) is 12.1 Å². The van der Waals surface area contributed by atoms with Crippen molar-refractivity contribution in [2.24, 2.45) is 5.92 Å². The molecule has 140 valence electrons. The van der Waals surface area contributed by atoms with Crippen LogP contribution in [0, 0.1) is 25.6 Å². The van der Waals surface area contributed by atoms with Gasteiger partial charge in [-0.15, -0.1) is 0 Å². The van der Waals surface area contributed by atoms with Crippen LogP contribution >= 0.6 is 0 Å². The van der Waals surface area contributed by atoms with Crippen LogP contribution in [0.3, 0.4) is 0 Å². The highest BCUT2D eigenvalue weighted by molar-refractivity contribution is 5.79. The number of hydrogen-bond donors (Lipinski definition) is 1. The summed E-state index contributed by atoms with van der Waals surface area (Å²) in [4.78, 5) is 12.6. The lowest BCUT2D eigenvalue weighted by Crippen LogP contribution is -2.35. The molecule has 1 N–H and O–H groups in total. The number of nitrogens with zero attached hydrogens (tertiary/aromatic N) is 4. The third-order valence-corrected chi connectivity index (χ3v) is 5.27. The van der Waals surface area contributed by atoms with E-state index in [1.54, 1.807) is 23.0 Å². The first-order chi connectivity index (χ1) is 13.0. The fourth-order valence-corrected chi connectivity index (χ4v) is 3.68. The number of carbonyl (C=O) groups is 1. The molecule has 0 saturated carbocycles. The largest absolute Gasteiger partial charge is 0.352 e. The van der Waals surface area contributed by atoms with Crippen LogP contribution in [0.5, 0.6) is 0 Å². The van der Waals surface area contributed by atoms with Gasteiger partial charge in [0, 0.05) is 48.6 Å². The number of benzene rings is 1. The van der Waals surface area contributed by atoms with Crippen LogP contribution in [0.4, 0.5) is 4.39 Å². The van der Waals surface area contributed by atoms with Crippen LogP contribution in [-0.4, -0.2) is 25.5 Å². The van der Waals surface area contributed by atoms with Crippen molar-refractivity contribution in [1.82, 2.24) is 24.9 Å². The maximum atomic E-state index is 13.2. The first kappa shape index (κ1) is 17.5. The van der Waals surface area contributed by atoms with E-state index >= 15 is 0 Å². The summed E-state index contributed by atoms with van der Waals surface area (Å²) in [5.74, 6) is -0.237. The van der Waals surface area contributed by atoms with Crippen molar-refractivity contribution in [2.75, 3.05) is 0 Å². The van der Waals surface area contributed by atoms with Gasteiger partial charge >= 0.3 is 0 Å². The molecule has 1 aromatic carbocycles. The maximum absolute atomic E-state index is 13.2. The van der Waals surface area contributed by atoms with E-state index in [9.17, 15) is 9.18 Å². The van der Waals surface area contributed by atoms with Gasteiger partial charge in [-0.1, -0.05) is 0 Å². The van der Waals surface area contributed by atoms with Crippen LogP contribution in [-0.2, 0) is 24.3 Å². The molecule has 0 fully saturated rings. The van der Waals surface area contributed by atoms with Gasteiger partial charge < -0.3 is 5.32 Å². The number of halogens is 1. The number of carbonyl (C=O) groups excluding carboxylic acids is 1. The number of rotatable bonds is 4. The van der Waals surface area contributed by atoms with Crippen molar-refractivity contribution in [3.63, 3.8) is 0 Å². The molecule has 0 aliphatic carbocycles. The highest BCUT2D eigenvalue weighted by Gasteiger charge is 2.25.